The summed E-state index contributed by atoms with van der Waals surface area (Å²) in [5, 5.41) is 0. The first-order chi connectivity index (χ1) is 11.6. The molecule has 2 rings (SSSR count). The van der Waals surface area contributed by atoms with E-state index in [9.17, 15) is 9.18 Å². The minimum atomic E-state index is -0.710. The van der Waals surface area contributed by atoms with Crippen LogP contribution in [0.1, 0.15) is 11.1 Å². The third kappa shape index (κ3) is 4.68. The third-order valence-corrected chi connectivity index (χ3v) is 3.11. The van der Waals surface area contributed by atoms with Crippen LogP contribution in [0.3, 0.4) is 0 Å². The minimum absolute atomic E-state index is 0.0390. The van der Waals surface area contributed by atoms with E-state index in [2.05, 4.69) is 6.58 Å². The highest BCUT2D eigenvalue weighted by Crippen LogP contribution is 2.21. The van der Waals surface area contributed by atoms with Gasteiger partial charge in [0, 0.05) is 5.56 Å². The van der Waals surface area contributed by atoms with Crippen LogP contribution in [0.15, 0.2) is 79.1 Å². The van der Waals surface area contributed by atoms with Crippen molar-refractivity contribution in [2.45, 2.75) is 0 Å². The number of rotatable bonds is 6. The Hall–Kier alpha value is -3.14. The van der Waals surface area contributed by atoms with Crippen LogP contribution in [0.5, 0.6) is 5.75 Å². The van der Waals surface area contributed by atoms with Gasteiger partial charge in [0.25, 0.3) is 0 Å². The zero-order valence-corrected chi connectivity index (χ0v) is 13.2. The van der Waals surface area contributed by atoms with E-state index < -0.39 is 11.8 Å². The van der Waals surface area contributed by atoms with Gasteiger partial charge in [-0.15, -0.1) is 0 Å². The summed E-state index contributed by atoms with van der Waals surface area (Å²) in [6.45, 7) is 3.65. The van der Waals surface area contributed by atoms with Crippen LogP contribution < -0.4 is 4.74 Å². The number of methoxy groups -OCH3 is 1. The average molecular weight is 324 g/mol. The van der Waals surface area contributed by atoms with Crippen molar-refractivity contribution in [3.05, 3.63) is 90.2 Å². The molecule has 0 atom stereocenters. The Morgan fingerprint density at radius 3 is 2.54 bits per heavy atom. The molecule has 0 unspecified atom stereocenters. The SMILES string of the molecule is C=Cc1cccc(C(F)=CC(=COC)C(=O)Oc2ccccc2)c1. The smallest absolute Gasteiger partial charge is 0.346 e. The van der Waals surface area contributed by atoms with Gasteiger partial charge in [-0.3, -0.25) is 0 Å². The van der Waals surface area contributed by atoms with Crippen molar-refractivity contribution in [2.24, 2.45) is 0 Å². The van der Waals surface area contributed by atoms with E-state index in [-0.39, 0.29) is 5.57 Å². The monoisotopic (exact) mass is 324 g/mol. The summed E-state index contributed by atoms with van der Waals surface area (Å²) in [5.41, 5.74) is 1.07. The number of hydrogen-bond acceptors (Lipinski definition) is 3. The standard InChI is InChI=1S/C20H17FO3/c1-3-15-8-7-9-16(12-15)19(21)13-17(14-23-2)20(22)24-18-10-5-4-6-11-18/h3-14H,1H2,2H3. The number of esters is 1. The number of ether oxygens (including phenoxy) is 2. The molecule has 0 aliphatic carbocycles. The highest BCUT2D eigenvalue weighted by atomic mass is 19.1. The molecule has 0 heterocycles. The molecule has 0 spiro atoms. The summed E-state index contributed by atoms with van der Waals surface area (Å²) in [7, 11) is 1.37. The van der Waals surface area contributed by atoms with E-state index in [0.717, 1.165) is 17.9 Å². The highest BCUT2D eigenvalue weighted by Gasteiger charge is 2.13. The predicted octanol–water partition coefficient (Wildman–Crippen LogP) is 4.78. The molecule has 0 radical (unpaired) electrons. The molecule has 0 saturated heterocycles. The number of halogens is 1. The van der Waals surface area contributed by atoms with E-state index >= 15 is 0 Å². The van der Waals surface area contributed by atoms with Gasteiger partial charge in [0.15, 0.2) is 0 Å². The molecule has 0 fully saturated rings. The summed E-state index contributed by atoms with van der Waals surface area (Å²) in [4.78, 5) is 12.2. The van der Waals surface area contributed by atoms with Crippen molar-refractivity contribution >= 4 is 17.9 Å². The van der Waals surface area contributed by atoms with Crippen LogP contribution in [0, 0.1) is 0 Å². The number of benzene rings is 2. The Morgan fingerprint density at radius 1 is 1.12 bits per heavy atom. The largest absolute Gasteiger partial charge is 0.503 e. The van der Waals surface area contributed by atoms with E-state index in [1.165, 1.54) is 7.11 Å². The molecule has 0 amide bonds. The van der Waals surface area contributed by atoms with Gasteiger partial charge < -0.3 is 9.47 Å². The molecule has 2 aromatic carbocycles. The first-order valence-corrected chi connectivity index (χ1v) is 7.24. The number of carbonyl (C=O) groups excluding carboxylic acids is 1. The molecule has 24 heavy (non-hydrogen) atoms. The van der Waals surface area contributed by atoms with Gasteiger partial charge in [0.1, 0.15) is 11.6 Å². The lowest BCUT2D eigenvalue weighted by Crippen LogP contribution is -2.10. The first-order valence-electron chi connectivity index (χ1n) is 7.24. The van der Waals surface area contributed by atoms with Gasteiger partial charge in [0.05, 0.1) is 18.9 Å². The second-order valence-electron chi connectivity index (χ2n) is 4.83. The van der Waals surface area contributed by atoms with Gasteiger partial charge in [-0.05, 0) is 29.8 Å². The quantitative estimate of drug-likeness (QED) is 0.252. The van der Waals surface area contributed by atoms with Crippen LogP contribution in [0.2, 0.25) is 0 Å². The second-order valence-corrected chi connectivity index (χ2v) is 4.83. The summed E-state index contributed by atoms with van der Waals surface area (Å²) in [6.07, 6.45) is 3.84. The summed E-state index contributed by atoms with van der Waals surface area (Å²) >= 11 is 0. The van der Waals surface area contributed by atoms with Crippen LogP contribution in [-0.4, -0.2) is 13.1 Å². The van der Waals surface area contributed by atoms with Gasteiger partial charge >= 0.3 is 5.97 Å². The van der Waals surface area contributed by atoms with Crippen molar-refractivity contribution in [1.29, 1.82) is 0 Å². The highest BCUT2D eigenvalue weighted by molar-refractivity contribution is 5.94. The van der Waals surface area contributed by atoms with Crippen LogP contribution in [0.4, 0.5) is 4.39 Å². The van der Waals surface area contributed by atoms with Crippen molar-refractivity contribution in [3.63, 3.8) is 0 Å². The van der Waals surface area contributed by atoms with Crippen molar-refractivity contribution < 1.29 is 18.7 Å². The lowest BCUT2D eigenvalue weighted by Gasteiger charge is -2.06. The molecule has 0 N–H and O–H groups in total. The van der Waals surface area contributed by atoms with Gasteiger partial charge in [-0.25, -0.2) is 9.18 Å². The van der Waals surface area contributed by atoms with Crippen molar-refractivity contribution in [3.8, 4) is 5.75 Å². The van der Waals surface area contributed by atoms with Crippen molar-refractivity contribution in [2.75, 3.05) is 7.11 Å². The van der Waals surface area contributed by atoms with Gasteiger partial charge in [-0.2, -0.15) is 0 Å². The zero-order valence-electron chi connectivity index (χ0n) is 13.2. The van der Waals surface area contributed by atoms with Crippen LogP contribution in [0.25, 0.3) is 11.9 Å². The van der Waals surface area contributed by atoms with E-state index in [1.54, 1.807) is 60.7 Å². The normalized spacial score (nSPS) is 11.8. The molecule has 0 saturated carbocycles. The van der Waals surface area contributed by atoms with Gasteiger partial charge in [0.2, 0.25) is 0 Å². The zero-order chi connectivity index (χ0) is 17.4. The predicted molar refractivity (Wildman–Crippen MR) is 92.8 cm³/mol. The van der Waals surface area contributed by atoms with E-state index in [1.807, 2.05) is 0 Å². The molecule has 122 valence electrons. The maximum atomic E-state index is 14.4. The molecule has 2 aromatic rings. The number of para-hydroxylation sites is 1. The fourth-order valence-electron chi connectivity index (χ4n) is 1.96. The lowest BCUT2D eigenvalue weighted by molar-refractivity contribution is -0.129. The first kappa shape index (κ1) is 17.2. The fourth-order valence-corrected chi connectivity index (χ4v) is 1.96. The molecule has 0 aliphatic heterocycles. The van der Waals surface area contributed by atoms with E-state index in [0.29, 0.717) is 11.3 Å². The maximum absolute atomic E-state index is 14.4. The van der Waals surface area contributed by atoms with Crippen LogP contribution in [-0.2, 0) is 9.53 Å². The van der Waals surface area contributed by atoms with Crippen LogP contribution >= 0.6 is 0 Å². The maximum Gasteiger partial charge on any atom is 0.346 e. The lowest BCUT2D eigenvalue weighted by atomic mass is 10.1. The Morgan fingerprint density at radius 2 is 1.88 bits per heavy atom. The molecule has 4 heteroatoms. The molecular weight excluding hydrogens is 307 g/mol. The van der Waals surface area contributed by atoms with Gasteiger partial charge in [-0.1, -0.05) is 49.1 Å². The summed E-state index contributed by atoms with van der Waals surface area (Å²) in [5.74, 6) is -0.919. The number of hydrogen-bond donors (Lipinski definition) is 0. The molecule has 0 bridgehead atoms. The minimum Gasteiger partial charge on any atom is -0.503 e. The third-order valence-electron chi connectivity index (χ3n) is 3.11. The topological polar surface area (TPSA) is 35.5 Å². The Kier molecular flexibility index (Phi) is 6.08. The summed E-state index contributed by atoms with van der Waals surface area (Å²) in [6, 6.07) is 15.3. The molecular formula is C20H17FO3. The molecule has 3 nitrogen and oxygen atoms in total. The fraction of sp³-hybridized carbons (Fsp3) is 0.0500. The Bertz CT molecular complexity index is 776. The second kappa shape index (κ2) is 8.48. The number of carbonyl (C=O) groups is 1. The average Bonchev–Trinajstić information content (AvgIpc) is 2.62. The Balaban J connectivity index is 2.25. The summed E-state index contributed by atoms with van der Waals surface area (Å²) < 4.78 is 24.5. The molecule has 0 aromatic heterocycles. The Labute approximate surface area is 140 Å². The van der Waals surface area contributed by atoms with Crippen molar-refractivity contribution in [1.82, 2.24) is 0 Å². The van der Waals surface area contributed by atoms with E-state index in [4.69, 9.17) is 9.47 Å². The molecule has 0 aliphatic rings.